The number of halogens is 3. The van der Waals surface area contributed by atoms with Crippen LogP contribution < -0.4 is 0 Å². The van der Waals surface area contributed by atoms with E-state index in [1.807, 2.05) is 0 Å². The first kappa shape index (κ1) is 12.5. The standard InChI is InChI=1S/C12H9F3N2O/c1-18-6-8-2-3-16-12(17-8)7-4-9(13)11(15)10(14)5-7/h2-5H,6H2,1H3. The zero-order valence-electron chi connectivity index (χ0n) is 9.45. The quantitative estimate of drug-likeness (QED) is 0.790. The molecule has 0 amide bonds. The summed E-state index contributed by atoms with van der Waals surface area (Å²) in [4.78, 5) is 7.93. The van der Waals surface area contributed by atoms with Gasteiger partial charge in [0.25, 0.3) is 0 Å². The van der Waals surface area contributed by atoms with E-state index in [9.17, 15) is 13.2 Å². The van der Waals surface area contributed by atoms with E-state index in [4.69, 9.17) is 4.74 Å². The molecule has 6 heteroatoms. The molecule has 0 spiro atoms. The van der Waals surface area contributed by atoms with Gasteiger partial charge in [0.15, 0.2) is 23.3 Å². The highest BCUT2D eigenvalue weighted by molar-refractivity contribution is 5.55. The smallest absolute Gasteiger partial charge is 0.194 e. The average Bonchev–Trinajstić information content (AvgIpc) is 2.36. The molecular weight excluding hydrogens is 245 g/mol. The molecule has 18 heavy (non-hydrogen) atoms. The Morgan fingerprint density at radius 2 is 1.83 bits per heavy atom. The topological polar surface area (TPSA) is 35.0 Å². The molecule has 0 unspecified atom stereocenters. The zero-order valence-corrected chi connectivity index (χ0v) is 9.45. The number of nitrogens with zero attached hydrogens (tertiary/aromatic N) is 2. The highest BCUT2D eigenvalue weighted by Gasteiger charge is 2.13. The van der Waals surface area contributed by atoms with Gasteiger partial charge in [-0.25, -0.2) is 23.1 Å². The summed E-state index contributed by atoms with van der Waals surface area (Å²) in [6.07, 6.45) is 1.44. The minimum atomic E-state index is -1.51. The van der Waals surface area contributed by atoms with E-state index < -0.39 is 17.5 Å². The summed E-state index contributed by atoms with van der Waals surface area (Å²) in [7, 11) is 1.50. The average molecular weight is 254 g/mol. The third-order valence-corrected chi connectivity index (χ3v) is 2.25. The maximum absolute atomic E-state index is 13.1. The molecule has 0 aliphatic rings. The van der Waals surface area contributed by atoms with Gasteiger partial charge in [0.05, 0.1) is 12.3 Å². The van der Waals surface area contributed by atoms with E-state index >= 15 is 0 Å². The Hall–Kier alpha value is -1.95. The van der Waals surface area contributed by atoms with Crippen LogP contribution in [0.4, 0.5) is 13.2 Å². The highest BCUT2D eigenvalue weighted by atomic mass is 19.2. The lowest BCUT2D eigenvalue weighted by Crippen LogP contribution is -1.98. The van der Waals surface area contributed by atoms with Crippen LogP contribution in [0.15, 0.2) is 24.4 Å². The third-order valence-electron chi connectivity index (χ3n) is 2.25. The molecule has 0 bridgehead atoms. The molecule has 0 N–H and O–H groups in total. The van der Waals surface area contributed by atoms with Crippen LogP contribution in [0, 0.1) is 17.5 Å². The number of aromatic nitrogens is 2. The van der Waals surface area contributed by atoms with Crippen LogP contribution in [-0.4, -0.2) is 17.1 Å². The summed E-state index contributed by atoms with van der Waals surface area (Å²) in [6.45, 7) is 0.252. The predicted octanol–water partition coefficient (Wildman–Crippen LogP) is 2.71. The number of rotatable bonds is 3. The lowest BCUT2D eigenvalue weighted by molar-refractivity contribution is 0.181. The molecule has 0 radical (unpaired) electrons. The first-order valence-corrected chi connectivity index (χ1v) is 5.07. The van der Waals surface area contributed by atoms with E-state index in [1.165, 1.54) is 13.3 Å². The Labute approximate surface area is 101 Å². The molecule has 0 aliphatic heterocycles. The maximum atomic E-state index is 13.1. The Bertz CT molecular complexity index is 552. The fourth-order valence-corrected chi connectivity index (χ4v) is 1.45. The lowest BCUT2D eigenvalue weighted by atomic mass is 10.2. The van der Waals surface area contributed by atoms with Crippen LogP contribution in [0.5, 0.6) is 0 Å². The molecule has 0 atom stereocenters. The Balaban J connectivity index is 2.45. The van der Waals surface area contributed by atoms with Crippen molar-refractivity contribution in [3.63, 3.8) is 0 Å². The number of benzene rings is 1. The van der Waals surface area contributed by atoms with Crippen molar-refractivity contribution >= 4 is 0 Å². The molecular formula is C12H9F3N2O. The van der Waals surface area contributed by atoms with Gasteiger partial charge in [0.2, 0.25) is 0 Å². The summed E-state index contributed by atoms with van der Waals surface area (Å²) in [5.74, 6) is -3.94. The normalized spacial score (nSPS) is 10.7. The van der Waals surface area contributed by atoms with Gasteiger partial charge in [0, 0.05) is 18.9 Å². The summed E-state index contributed by atoms with van der Waals surface area (Å²) >= 11 is 0. The van der Waals surface area contributed by atoms with Crippen molar-refractivity contribution in [3.8, 4) is 11.4 Å². The Kier molecular flexibility index (Phi) is 3.57. The number of hydrogen-bond acceptors (Lipinski definition) is 3. The molecule has 1 aromatic heterocycles. The van der Waals surface area contributed by atoms with Crippen LogP contribution >= 0.6 is 0 Å². The molecule has 2 aromatic rings. The zero-order chi connectivity index (χ0) is 13.1. The van der Waals surface area contributed by atoms with E-state index in [0.717, 1.165) is 12.1 Å². The van der Waals surface area contributed by atoms with Crippen molar-refractivity contribution in [2.75, 3.05) is 7.11 Å². The highest BCUT2D eigenvalue weighted by Crippen LogP contribution is 2.20. The van der Waals surface area contributed by atoms with Gasteiger partial charge in [0.1, 0.15) is 0 Å². The van der Waals surface area contributed by atoms with E-state index in [1.54, 1.807) is 6.07 Å². The number of methoxy groups -OCH3 is 1. The SMILES string of the molecule is COCc1ccnc(-c2cc(F)c(F)c(F)c2)n1. The van der Waals surface area contributed by atoms with Crippen molar-refractivity contribution in [2.45, 2.75) is 6.61 Å². The van der Waals surface area contributed by atoms with E-state index in [-0.39, 0.29) is 18.0 Å². The first-order valence-electron chi connectivity index (χ1n) is 5.07. The van der Waals surface area contributed by atoms with Gasteiger partial charge in [-0.1, -0.05) is 0 Å². The van der Waals surface area contributed by atoms with Crippen LogP contribution in [0.2, 0.25) is 0 Å². The predicted molar refractivity (Wildman–Crippen MR) is 58.1 cm³/mol. The molecule has 94 valence electrons. The van der Waals surface area contributed by atoms with Crippen molar-refractivity contribution < 1.29 is 17.9 Å². The molecule has 2 rings (SSSR count). The Morgan fingerprint density at radius 3 is 2.44 bits per heavy atom. The fourth-order valence-electron chi connectivity index (χ4n) is 1.45. The van der Waals surface area contributed by atoms with Gasteiger partial charge in [-0.15, -0.1) is 0 Å². The van der Waals surface area contributed by atoms with Crippen molar-refractivity contribution in [1.82, 2.24) is 9.97 Å². The van der Waals surface area contributed by atoms with Crippen LogP contribution in [0.25, 0.3) is 11.4 Å². The minimum Gasteiger partial charge on any atom is -0.378 e. The van der Waals surface area contributed by atoms with Gasteiger partial charge in [-0.05, 0) is 18.2 Å². The molecule has 0 aliphatic carbocycles. The second-order valence-corrected chi connectivity index (χ2v) is 3.56. The van der Waals surface area contributed by atoms with Gasteiger partial charge in [-0.3, -0.25) is 0 Å². The van der Waals surface area contributed by atoms with E-state index in [2.05, 4.69) is 9.97 Å². The van der Waals surface area contributed by atoms with Crippen LogP contribution in [-0.2, 0) is 11.3 Å². The fraction of sp³-hybridized carbons (Fsp3) is 0.167. The lowest BCUT2D eigenvalue weighted by Gasteiger charge is -2.04. The first-order chi connectivity index (χ1) is 8.61. The van der Waals surface area contributed by atoms with Crippen molar-refractivity contribution in [3.05, 3.63) is 47.5 Å². The molecule has 0 saturated carbocycles. The molecule has 1 heterocycles. The maximum Gasteiger partial charge on any atom is 0.194 e. The molecule has 3 nitrogen and oxygen atoms in total. The summed E-state index contributed by atoms with van der Waals surface area (Å²) in [5, 5.41) is 0. The largest absolute Gasteiger partial charge is 0.378 e. The van der Waals surface area contributed by atoms with Crippen LogP contribution in [0.1, 0.15) is 5.69 Å². The monoisotopic (exact) mass is 254 g/mol. The number of ether oxygens (including phenoxy) is 1. The van der Waals surface area contributed by atoms with Crippen molar-refractivity contribution in [1.29, 1.82) is 0 Å². The summed E-state index contributed by atoms with van der Waals surface area (Å²) < 4.78 is 43.9. The molecule has 1 aromatic carbocycles. The second kappa shape index (κ2) is 5.14. The minimum absolute atomic E-state index is 0.0735. The summed E-state index contributed by atoms with van der Waals surface area (Å²) in [5.41, 5.74) is 0.636. The Morgan fingerprint density at radius 1 is 1.17 bits per heavy atom. The van der Waals surface area contributed by atoms with Gasteiger partial charge in [-0.2, -0.15) is 0 Å². The van der Waals surface area contributed by atoms with Gasteiger partial charge < -0.3 is 4.74 Å². The molecule has 0 fully saturated rings. The molecule has 0 saturated heterocycles. The number of hydrogen-bond donors (Lipinski definition) is 0. The second-order valence-electron chi connectivity index (χ2n) is 3.56. The van der Waals surface area contributed by atoms with E-state index in [0.29, 0.717) is 5.69 Å². The summed E-state index contributed by atoms with van der Waals surface area (Å²) in [6, 6.07) is 3.32. The third kappa shape index (κ3) is 2.48. The van der Waals surface area contributed by atoms with Crippen molar-refractivity contribution in [2.24, 2.45) is 0 Å². The van der Waals surface area contributed by atoms with Crippen LogP contribution in [0.3, 0.4) is 0 Å². The van der Waals surface area contributed by atoms with Gasteiger partial charge >= 0.3 is 0 Å².